The zero-order valence-electron chi connectivity index (χ0n) is 19.7. The highest BCUT2D eigenvalue weighted by Gasteiger charge is 2.51. The molecule has 35 heavy (non-hydrogen) atoms. The Morgan fingerprint density at radius 3 is 2.43 bits per heavy atom. The Labute approximate surface area is 209 Å². The van der Waals surface area contributed by atoms with Gasteiger partial charge in [0.2, 0.25) is 21.8 Å². The molecule has 2 aliphatic heterocycles. The number of fused-ring (bicyclic) bond motifs is 1. The average Bonchev–Trinajstić information content (AvgIpc) is 2.82. The molecule has 2 saturated heterocycles. The molecule has 2 aromatic rings. The molecule has 0 N–H and O–H groups in total. The molecule has 9 nitrogen and oxygen atoms in total. The fourth-order valence-electron chi connectivity index (χ4n) is 4.75. The summed E-state index contributed by atoms with van der Waals surface area (Å²) in [5, 5.41) is 3.43. The number of amides is 2. The van der Waals surface area contributed by atoms with Gasteiger partial charge in [-0.15, -0.1) is 4.91 Å². The summed E-state index contributed by atoms with van der Waals surface area (Å²) in [5.41, 5.74) is 1.28. The molecule has 0 spiro atoms. The van der Waals surface area contributed by atoms with E-state index < -0.39 is 22.2 Å². The molecule has 0 radical (unpaired) electrons. The average molecular weight is 519 g/mol. The molecule has 2 unspecified atom stereocenters. The molecule has 0 saturated carbocycles. The van der Waals surface area contributed by atoms with E-state index in [0.717, 1.165) is 5.56 Å². The predicted molar refractivity (Wildman–Crippen MR) is 132 cm³/mol. The van der Waals surface area contributed by atoms with E-state index in [9.17, 15) is 22.9 Å². The lowest BCUT2D eigenvalue weighted by molar-refractivity contribution is -0.166. The van der Waals surface area contributed by atoms with Gasteiger partial charge in [0.05, 0.1) is 11.4 Å². The van der Waals surface area contributed by atoms with Crippen LogP contribution in [0.1, 0.15) is 31.4 Å². The van der Waals surface area contributed by atoms with Crippen LogP contribution in [0.4, 0.5) is 5.69 Å². The Kier molecular flexibility index (Phi) is 6.99. The number of hydrogen-bond donors (Lipinski definition) is 0. The van der Waals surface area contributed by atoms with Crippen LogP contribution in [0.3, 0.4) is 0 Å². The fraction of sp³-hybridized carbons (Fsp3) is 0.417. The molecule has 4 rings (SSSR count). The van der Waals surface area contributed by atoms with Crippen molar-refractivity contribution in [3.05, 3.63) is 63.5 Å². The third-order valence-corrected chi connectivity index (χ3v) is 8.87. The first-order valence-corrected chi connectivity index (χ1v) is 13.2. The van der Waals surface area contributed by atoms with Crippen LogP contribution in [-0.4, -0.2) is 65.7 Å². The fourth-order valence-corrected chi connectivity index (χ4v) is 6.69. The summed E-state index contributed by atoms with van der Waals surface area (Å²) in [4.78, 5) is 40.7. The third-order valence-electron chi connectivity index (χ3n) is 6.58. The van der Waals surface area contributed by atoms with Gasteiger partial charge in [-0.3, -0.25) is 9.59 Å². The minimum absolute atomic E-state index is 0.00219. The number of benzene rings is 2. The Balaban J connectivity index is 1.78. The third kappa shape index (κ3) is 4.70. The van der Waals surface area contributed by atoms with E-state index in [4.69, 9.17) is 11.6 Å². The first-order chi connectivity index (χ1) is 16.5. The predicted octanol–water partition coefficient (Wildman–Crippen LogP) is 3.46. The normalized spacial score (nSPS) is 21.4. The monoisotopic (exact) mass is 518 g/mol. The Morgan fingerprint density at radius 2 is 1.80 bits per heavy atom. The second kappa shape index (κ2) is 9.67. The van der Waals surface area contributed by atoms with Crippen molar-refractivity contribution >= 4 is 39.1 Å². The van der Waals surface area contributed by atoms with Crippen LogP contribution >= 0.6 is 11.6 Å². The van der Waals surface area contributed by atoms with Crippen molar-refractivity contribution in [1.29, 1.82) is 0 Å². The van der Waals surface area contributed by atoms with Gasteiger partial charge in [0.25, 0.3) is 0 Å². The van der Waals surface area contributed by atoms with E-state index in [1.165, 1.54) is 27.4 Å². The van der Waals surface area contributed by atoms with Gasteiger partial charge in [-0.05, 0) is 61.3 Å². The summed E-state index contributed by atoms with van der Waals surface area (Å²) >= 11 is 6.00. The van der Waals surface area contributed by atoms with Gasteiger partial charge in [-0.1, -0.05) is 29.8 Å². The van der Waals surface area contributed by atoms with Gasteiger partial charge in [0.1, 0.15) is 17.9 Å². The van der Waals surface area contributed by atoms with Crippen LogP contribution in [0.2, 0.25) is 5.02 Å². The zero-order chi connectivity index (χ0) is 25.5. The summed E-state index contributed by atoms with van der Waals surface area (Å²) < 4.78 is 28.9. The molecule has 186 valence electrons. The SMILES string of the molecule is Cc1ccc(N=O)cc1S(=O)(=O)N1CCC(=O)N2C(Cc3ccc(Cl)cc3)C(=O)N(C(C)C)CC21. The van der Waals surface area contributed by atoms with Crippen LogP contribution in [0.5, 0.6) is 0 Å². The number of carbonyl (C=O) groups is 2. The Morgan fingerprint density at radius 1 is 1.11 bits per heavy atom. The molecule has 2 aromatic carbocycles. The molecule has 0 bridgehead atoms. The summed E-state index contributed by atoms with van der Waals surface area (Å²) in [6.45, 7) is 5.40. The molecule has 2 fully saturated rings. The van der Waals surface area contributed by atoms with Crippen molar-refractivity contribution in [2.24, 2.45) is 5.18 Å². The minimum Gasteiger partial charge on any atom is -0.335 e. The zero-order valence-corrected chi connectivity index (χ0v) is 21.3. The van der Waals surface area contributed by atoms with Crippen molar-refractivity contribution in [2.75, 3.05) is 13.1 Å². The number of rotatable bonds is 6. The van der Waals surface area contributed by atoms with Crippen molar-refractivity contribution in [2.45, 2.75) is 56.8 Å². The number of hydrogen-bond acceptors (Lipinski definition) is 6. The van der Waals surface area contributed by atoms with Crippen molar-refractivity contribution < 1.29 is 18.0 Å². The molecule has 11 heteroatoms. The maximum absolute atomic E-state index is 13.8. The summed E-state index contributed by atoms with van der Waals surface area (Å²) in [7, 11) is -4.10. The van der Waals surface area contributed by atoms with Gasteiger partial charge in [-0.2, -0.15) is 4.31 Å². The summed E-state index contributed by atoms with van der Waals surface area (Å²) in [6, 6.07) is 10.2. The quantitative estimate of drug-likeness (QED) is 0.544. The molecular weight excluding hydrogens is 492 g/mol. The van der Waals surface area contributed by atoms with Crippen LogP contribution in [0, 0.1) is 11.8 Å². The van der Waals surface area contributed by atoms with Crippen LogP contribution < -0.4 is 0 Å². The summed E-state index contributed by atoms with van der Waals surface area (Å²) in [6.07, 6.45) is -0.684. The number of nitroso groups, excluding NO2 is 1. The van der Waals surface area contributed by atoms with E-state index in [1.807, 2.05) is 13.8 Å². The lowest BCUT2D eigenvalue weighted by Gasteiger charge is -2.52. The number of sulfonamides is 1. The van der Waals surface area contributed by atoms with E-state index in [1.54, 1.807) is 36.1 Å². The van der Waals surface area contributed by atoms with Gasteiger partial charge < -0.3 is 9.80 Å². The smallest absolute Gasteiger partial charge is 0.246 e. The second-order valence-electron chi connectivity index (χ2n) is 9.12. The first-order valence-electron chi connectivity index (χ1n) is 11.4. The van der Waals surface area contributed by atoms with Crippen molar-refractivity contribution in [3.63, 3.8) is 0 Å². The minimum atomic E-state index is -4.10. The maximum Gasteiger partial charge on any atom is 0.246 e. The standard InChI is InChI=1S/C24H27ClN4O5S/c1-15(2)27-14-22-28(35(33,34)21-13-19(26-32)9-4-16(21)3)11-10-23(30)29(22)20(24(27)31)12-17-5-7-18(25)8-6-17/h4-9,13,15,20,22H,10-12,14H2,1-3H3. The number of piperazine rings is 1. The number of aryl methyl sites for hydroxylation is 1. The highest BCUT2D eigenvalue weighted by molar-refractivity contribution is 7.89. The lowest BCUT2D eigenvalue weighted by Crippen LogP contribution is -2.72. The van der Waals surface area contributed by atoms with Crippen LogP contribution in [0.25, 0.3) is 0 Å². The van der Waals surface area contributed by atoms with Crippen LogP contribution in [0.15, 0.2) is 52.5 Å². The Bertz CT molecular complexity index is 1270. The molecular formula is C24H27ClN4O5S. The topological polar surface area (TPSA) is 107 Å². The van der Waals surface area contributed by atoms with E-state index >= 15 is 0 Å². The highest BCUT2D eigenvalue weighted by atomic mass is 35.5. The van der Waals surface area contributed by atoms with Crippen molar-refractivity contribution in [1.82, 2.24) is 14.1 Å². The van der Waals surface area contributed by atoms with E-state index in [2.05, 4.69) is 5.18 Å². The molecule has 0 aliphatic carbocycles. The molecule has 2 heterocycles. The van der Waals surface area contributed by atoms with Gasteiger partial charge in [0, 0.05) is 30.5 Å². The lowest BCUT2D eigenvalue weighted by atomic mass is 9.97. The van der Waals surface area contributed by atoms with Gasteiger partial charge in [-0.25, -0.2) is 8.42 Å². The van der Waals surface area contributed by atoms with Crippen molar-refractivity contribution in [3.8, 4) is 0 Å². The molecule has 0 aromatic heterocycles. The summed E-state index contributed by atoms with van der Waals surface area (Å²) in [5.74, 6) is -0.487. The number of nitrogens with zero attached hydrogens (tertiary/aromatic N) is 4. The molecule has 2 amide bonds. The first kappa shape index (κ1) is 25.3. The second-order valence-corrected chi connectivity index (χ2v) is 11.4. The van der Waals surface area contributed by atoms with E-state index in [0.29, 0.717) is 10.6 Å². The Hall–Kier alpha value is -2.82. The largest absolute Gasteiger partial charge is 0.335 e. The number of carbonyl (C=O) groups excluding carboxylic acids is 2. The number of halogens is 1. The van der Waals surface area contributed by atoms with Crippen LogP contribution in [-0.2, 0) is 26.0 Å². The van der Waals surface area contributed by atoms with E-state index in [-0.39, 0.29) is 54.4 Å². The van der Waals surface area contributed by atoms with Gasteiger partial charge >= 0.3 is 0 Å². The molecule has 2 aliphatic rings. The highest BCUT2D eigenvalue weighted by Crippen LogP contribution is 2.34. The van der Waals surface area contributed by atoms with Gasteiger partial charge in [0.15, 0.2) is 0 Å². The molecule has 2 atom stereocenters. The maximum atomic E-state index is 13.8.